The fourth-order valence-corrected chi connectivity index (χ4v) is 4.04. The lowest BCUT2D eigenvalue weighted by atomic mass is 9.49. The molecule has 1 amide bonds. The molecule has 0 aliphatic carbocycles. The highest BCUT2D eigenvalue weighted by molar-refractivity contribution is 6.56. The first-order chi connectivity index (χ1) is 16.8. The van der Waals surface area contributed by atoms with E-state index < -0.39 is 0 Å². The van der Waals surface area contributed by atoms with Crippen molar-refractivity contribution < 1.29 is 4.79 Å². The molecule has 174 valence electrons. The van der Waals surface area contributed by atoms with Gasteiger partial charge < -0.3 is 15.1 Å². The molecule has 0 bridgehead atoms. The summed E-state index contributed by atoms with van der Waals surface area (Å²) in [7, 11) is 8.43. The van der Waals surface area contributed by atoms with Gasteiger partial charge in [0.1, 0.15) is 35.2 Å². The SMILES string of the molecule is BC(B)(B)n1cc(-c2cc3cc(NC(=O)c4ccnc(N5CCN(C)CC5)c4)ncc3cn2)cn1. The number of rotatable bonds is 5. The Kier molecular flexibility index (Phi) is 6.06. The minimum atomic E-state index is -0.213. The molecule has 0 unspecified atom stereocenters. The summed E-state index contributed by atoms with van der Waals surface area (Å²) in [6.45, 7) is 3.75. The van der Waals surface area contributed by atoms with E-state index in [0.29, 0.717) is 11.4 Å². The molecule has 4 aromatic heterocycles. The summed E-state index contributed by atoms with van der Waals surface area (Å²) in [6.07, 6.45) is 9.03. The highest BCUT2D eigenvalue weighted by Crippen LogP contribution is 2.24. The second-order valence-electron chi connectivity index (χ2n) is 9.98. The minimum absolute atomic E-state index is 0.104. The topological polar surface area (TPSA) is 92.1 Å². The lowest BCUT2D eigenvalue weighted by Gasteiger charge is -2.33. The maximum Gasteiger partial charge on any atom is 0.257 e. The van der Waals surface area contributed by atoms with Crippen LogP contribution >= 0.6 is 0 Å². The molecule has 1 saturated heterocycles. The van der Waals surface area contributed by atoms with E-state index in [-0.39, 0.29) is 11.1 Å². The Balaban J connectivity index is 1.35. The summed E-state index contributed by atoms with van der Waals surface area (Å²) < 4.78 is 1.93. The molecule has 5 heterocycles. The maximum atomic E-state index is 13.0. The van der Waals surface area contributed by atoms with Gasteiger partial charge in [-0.25, -0.2) is 9.97 Å². The van der Waals surface area contributed by atoms with E-state index in [1.807, 2.05) is 35.3 Å². The molecule has 1 N–H and O–H groups in total. The van der Waals surface area contributed by atoms with Gasteiger partial charge in [-0.2, -0.15) is 5.10 Å². The highest BCUT2D eigenvalue weighted by atomic mass is 16.1. The van der Waals surface area contributed by atoms with Crippen LogP contribution in [0.2, 0.25) is 0 Å². The van der Waals surface area contributed by atoms with Crippen LogP contribution in [0.15, 0.2) is 55.2 Å². The number of anilines is 2. The number of hydrogen-bond acceptors (Lipinski definition) is 7. The third kappa shape index (κ3) is 5.07. The van der Waals surface area contributed by atoms with E-state index in [1.165, 1.54) is 0 Å². The van der Waals surface area contributed by atoms with Crippen LogP contribution in [0, 0.1) is 0 Å². The van der Waals surface area contributed by atoms with Crippen LogP contribution in [0.5, 0.6) is 0 Å². The molecule has 0 radical (unpaired) electrons. The summed E-state index contributed by atoms with van der Waals surface area (Å²) in [6, 6.07) is 7.44. The molecule has 0 saturated carbocycles. The Morgan fingerprint density at radius 1 is 0.971 bits per heavy atom. The van der Waals surface area contributed by atoms with Crippen LogP contribution in [0.4, 0.5) is 11.6 Å². The fraction of sp³-hybridized carbons (Fsp3) is 0.261. The maximum absolute atomic E-state index is 13.0. The Morgan fingerprint density at radius 3 is 2.49 bits per heavy atom. The molecule has 9 nitrogen and oxygen atoms in total. The molecule has 1 fully saturated rings. The number of piperazine rings is 1. The number of fused-ring (bicyclic) bond motifs is 1. The first-order valence-electron chi connectivity index (χ1n) is 11.8. The predicted octanol–water partition coefficient (Wildman–Crippen LogP) is -0.641. The number of likely N-dealkylation sites (N-methyl/N-ethyl adjacent to an activating group) is 1. The molecule has 1 aliphatic heterocycles. The molecule has 1 aliphatic rings. The normalized spacial score (nSPS) is 14.8. The summed E-state index contributed by atoms with van der Waals surface area (Å²) in [5, 5.41) is 9.14. The zero-order chi connectivity index (χ0) is 24.6. The minimum Gasteiger partial charge on any atom is -0.354 e. The largest absolute Gasteiger partial charge is 0.354 e. The lowest BCUT2D eigenvalue weighted by Crippen LogP contribution is -2.44. The average Bonchev–Trinajstić information content (AvgIpc) is 3.35. The van der Waals surface area contributed by atoms with Gasteiger partial charge in [-0.05, 0) is 41.9 Å². The number of carbonyl (C=O) groups is 1. The van der Waals surface area contributed by atoms with Crippen molar-refractivity contribution in [2.75, 3.05) is 43.4 Å². The van der Waals surface area contributed by atoms with Crippen molar-refractivity contribution in [3.8, 4) is 11.3 Å². The Labute approximate surface area is 207 Å². The van der Waals surface area contributed by atoms with E-state index in [9.17, 15) is 4.79 Å². The van der Waals surface area contributed by atoms with Gasteiger partial charge >= 0.3 is 0 Å². The molecular weight excluding hydrogens is 437 g/mol. The van der Waals surface area contributed by atoms with E-state index in [2.05, 4.69) is 65.8 Å². The van der Waals surface area contributed by atoms with Gasteiger partial charge in [-0.15, -0.1) is 0 Å². The first kappa shape index (κ1) is 23.1. The molecule has 12 heteroatoms. The van der Waals surface area contributed by atoms with E-state index in [4.69, 9.17) is 0 Å². The van der Waals surface area contributed by atoms with Crippen LogP contribution in [-0.4, -0.2) is 92.3 Å². The number of hydrogen-bond donors (Lipinski definition) is 1. The standard InChI is InChI=1S/C23H27B3N8O/c1-32-4-6-33(7-5-32)21-10-15(2-3-27-21)22(35)31-20-9-16-8-19(28-11-17(16)12-29-20)18-13-30-34(14-18)23(24,25)26/h2-3,8-14H,4-7,24-26H2,1H3,(H,29,31,35). The zero-order valence-corrected chi connectivity index (χ0v) is 20.6. The van der Waals surface area contributed by atoms with Gasteiger partial charge in [0.2, 0.25) is 0 Å². The smallest absolute Gasteiger partial charge is 0.257 e. The van der Waals surface area contributed by atoms with Crippen LogP contribution in [-0.2, 0) is 5.24 Å². The van der Waals surface area contributed by atoms with Gasteiger partial charge in [0.05, 0.1) is 11.9 Å². The van der Waals surface area contributed by atoms with Crippen LogP contribution in [0.1, 0.15) is 10.4 Å². The second kappa shape index (κ2) is 9.18. The number of nitrogens with zero attached hydrogens (tertiary/aromatic N) is 7. The van der Waals surface area contributed by atoms with E-state index in [0.717, 1.165) is 54.0 Å². The number of nitrogens with one attached hydrogen (secondary N) is 1. The highest BCUT2D eigenvalue weighted by Gasteiger charge is 2.18. The Morgan fingerprint density at radius 2 is 1.74 bits per heavy atom. The summed E-state index contributed by atoms with van der Waals surface area (Å²) in [5.74, 6) is 1.10. The van der Waals surface area contributed by atoms with Gasteiger partial charge in [0.25, 0.3) is 5.91 Å². The molecule has 35 heavy (non-hydrogen) atoms. The van der Waals surface area contributed by atoms with Crippen LogP contribution in [0.25, 0.3) is 22.0 Å². The second-order valence-corrected chi connectivity index (χ2v) is 9.98. The first-order valence-corrected chi connectivity index (χ1v) is 11.8. The number of carbonyl (C=O) groups excluding carboxylic acids is 1. The van der Waals surface area contributed by atoms with Crippen molar-refractivity contribution in [3.05, 3.63) is 60.8 Å². The lowest BCUT2D eigenvalue weighted by molar-refractivity contribution is 0.102. The van der Waals surface area contributed by atoms with Gasteiger partial charge in [0.15, 0.2) is 0 Å². The summed E-state index contributed by atoms with van der Waals surface area (Å²) in [4.78, 5) is 30.9. The summed E-state index contributed by atoms with van der Waals surface area (Å²) in [5.41, 5.74) is 2.32. The fourth-order valence-electron chi connectivity index (χ4n) is 4.04. The third-order valence-corrected chi connectivity index (χ3v) is 6.25. The van der Waals surface area contributed by atoms with E-state index in [1.54, 1.807) is 24.7 Å². The quantitative estimate of drug-likeness (QED) is 0.393. The Bertz CT molecular complexity index is 1380. The zero-order valence-electron chi connectivity index (χ0n) is 20.6. The Hall–Kier alpha value is -3.66. The van der Waals surface area contributed by atoms with Crippen molar-refractivity contribution >= 4 is 51.9 Å². The van der Waals surface area contributed by atoms with Crippen molar-refractivity contribution in [3.63, 3.8) is 0 Å². The number of amides is 1. The van der Waals surface area contributed by atoms with Crippen molar-refractivity contribution in [2.24, 2.45) is 0 Å². The molecular formula is C23H27B3N8O. The van der Waals surface area contributed by atoms with Crippen molar-refractivity contribution in [2.45, 2.75) is 5.24 Å². The molecule has 4 aromatic rings. The van der Waals surface area contributed by atoms with Crippen LogP contribution < -0.4 is 10.2 Å². The van der Waals surface area contributed by atoms with Crippen molar-refractivity contribution in [1.82, 2.24) is 29.6 Å². The van der Waals surface area contributed by atoms with Gasteiger partial charge in [-0.1, -0.05) is 0 Å². The predicted molar refractivity (Wildman–Crippen MR) is 146 cm³/mol. The van der Waals surface area contributed by atoms with Gasteiger partial charge in [-0.3, -0.25) is 14.5 Å². The van der Waals surface area contributed by atoms with Gasteiger partial charge in [0, 0.05) is 67.5 Å². The van der Waals surface area contributed by atoms with Crippen molar-refractivity contribution in [1.29, 1.82) is 0 Å². The van der Waals surface area contributed by atoms with Crippen LogP contribution in [0.3, 0.4) is 0 Å². The number of aromatic nitrogens is 5. The monoisotopic (exact) mass is 464 g/mol. The molecule has 5 rings (SSSR count). The average molecular weight is 464 g/mol. The molecule has 0 spiro atoms. The number of pyridine rings is 3. The molecule has 0 aromatic carbocycles. The molecule has 0 atom stereocenters. The summed E-state index contributed by atoms with van der Waals surface area (Å²) >= 11 is 0. The third-order valence-electron chi connectivity index (χ3n) is 6.25. The van der Waals surface area contributed by atoms with E-state index >= 15 is 0 Å².